The van der Waals surface area contributed by atoms with Crippen LogP contribution in [0, 0.1) is 5.92 Å². The lowest BCUT2D eigenvalue weighted by atomic mass is 9.99. The topological polar surface area (TPSA) is 44.4 Å². The van der Waals surface area contributed by atoms with Gasteiger partial charge in [0, 0.05) is 18.1 Å². The molecular weight excluding hydrogens is 298 g/mol. The predicted molar refractivity (Wildman–Crippen MR) is 91.1 cm³/mol. The van der Waals surface area contributed by atoms with Gasteiger partial charge in [-0.25, -0.2) is 4.79 Å². The average Bonchev–Trinajstić information content (AvgIpc) is 2.51. The van der Waals surface area contributed by atoms with Crippen LogP contribution in [-0.4, -0.2) is 37.1 Å². The molecule has 1 fully saturated rings. The molecule has 2 amide bonds. The van der Waals surface area contributed by atoms with Crippen LogP contribution >= 0.6 is 11.6 Å². The highest BCUT2D eigenvalue weighted by Gasteiger charge is 2.14. The number of amides is 2. The molecule has 1 aromatic rings. The third-order valence-corrected chi connectivity index (χ3v) is 4.39. The van der Waals surface area contributed by atoms with Crippen molar-refractivity contribution in [3.8, 4) is 0 Å². The Kier molecular flexibility index (Phi) is 7.00. The normalized spacial score (nSPS) is 16.5. The van der Waals surface area contributed by atoms with Gasteiger partial charge in [0.05, 0.1) is 0 Å². The molecule has 0 radical (unpaired) electrons. The van der Waals surface area contributed by atoms with E-state index in [1.54, 1.807) is 0 Å². The fourth-order valence-electron chi connectivity index (χ4n) is 2.68. The van der Waals surface area contributed by atoms with Crippen molar-refractivity contribution < 1.29 is 4.79 Å². The third kappa shape index (κ3) is 6.24. The second kappa shape index (κ2) is 9.01. The Labute approximate surface area is 138 Å². The van der Waals surface area contributed by atoms with Crippen LogP contribution in [0.15, 0.2) is 24.3 Å². The number of carbonyl (C=O) groups is 1. The largest absolute Gasteiger partial charge is 0.338 e. The Bertz CT molecular complexity index is 473. The molecular formula is C17H26ClN3O. The van der Waals surface area contributed by atoms with Crippen molar-refractivity contribution >= 4 is 17.6 Å². The summed E-state index contributed by atoms with van der Waals surface area (Å²) in [6.45, 7) is 7.00. The molecule has 0 aliphatic carbocycles. The average molecular weight is 324 g/mol. The molecule has 0 aromatic heterocycles. The molecule has 1 aromatic carbocycles. The van der Waals surface area contributed by atoms with Crippen molar-refractivity contribution in [2.24, 2.45) is 5.92 Å². The quantitative estimate of drug-likeness (QED) is 0.789. The number of benzene rings is 1. The summed E-state index contributed by atoms with van der Waals surface area (Å²) in [5, 5.41) is 6.44. The first-order valence-corrected chi connectivity index (χ1v) is 8.50. The molecule has 22 heavy (non-hydrogen) atoms. The van der Waals surface area contributed by atoms with Crippen LogP contribution in [-0.2, 0) is 6.54 Å². The SMILES string of the molecule is CC1CCN(CCCNC(=O)NCc2cccc(Cl)c2)CC1. The molecule has 1 heterocycles. The van der Waals surface area contributed by atoms with Gasteiger partial charge < -0.3 is 15.5 Å². The standard InChI is InChI=1S/C17H26ClN3O/c1-14-6-10-21(11-7-14)9-3-8-19-17(22)20-13-15-4-2-5-16(18)12-15/h2,4-5,12,14H,3,6-11,13H2,1H3,(H2,19,20,22). The number of halogens is 1. The highest BCUT2D eigenvalue weighted by atomic mass is 35.5. The maximum Gasteiger partial charge on any atom is 0.315 e. The van der Waals surface area contributed by atoms with Crippen molar-refractivity contribution in [3.63, 3.8) is 0 Å². The molecule has 1 aliphatic rings. The van der Waals surface area contributed by atoms with E-state index in [4.69, 9.17) is 11.6 Å². The summed E-state index contributed by atoms with van der Waals surface area (Å²) in [5.41, 5.74) is 1.00. The first-order valence-electron chi connectivity index (χ1n) is 8.12. The van der Waals surface area contributed by atoms with Crippen LogP contribution in [0.4, 0.5) is 4.79 Å². The van der Waals surface area contributed by atoms with Gasteiger partial charge in [0.2, 0.25) is 0 Å². The van der Waals surface area contributed by atoms with E-state index in [0.29, 0.717) is 18.1 Å². The fourth-order valence-corrected chi connectivity index (χ4v) is 2.89. The molecule has 2 N–H and O–H groups in total. The van der Waals surface area contributed by atoms with Crippen LogP contribution in [0.2, 0.25) is 5.02 Å². The van der Waals surface area contributed by atoms with Gasteiger partial charge in [0.25, 0.3) is 0 Å². The monoisotopic (exact) mass is 323 g/mol. The molecule has 0 bridgehead atoms. The molecule has 0 spiro atoms. The smallest absolute Gasteiger partial charge is 0.315 e. The van der Waals surface area contributed by atoms with Gasteiger partial charge in [-0.15, -0.1) is 0 Å². The Morgan fingerprint density at radius 2 is 2.09 bits per heavy atom. The summed E-state index contributed by atoms with van der Waals surface area (Å²) in [7, 11) is 0. The Hall–Kier alpha value is -1.26. The minimum absolute atomic E-state index is 0.118. The molecule has 4 nitrogen and oxygen atoms in total. The van der Waals surface area contributed by atoms with Crippen LogP contribution < -0.4 is 10.6 Å². The van der Waals surface area contributed by atoms with Gasteiger partial charge >= 0.3 is 6.03 Å². The molecule has 0 unspecified atom stereocenters. The maximum atomic E-state index is 11.7. The fraction of sp³-hybridized carbons (Fsp3) is 0.588. The number of nitrogens with zero attached hydrogens (tertiary/aromatic N) is 1. The zero-order chi connectivity index (χ0) is 15.8. The summed E-state index contributed by atoms with van der Waals surface area (Å²) < 4.78 is 0. The van der Waals surface area contributed by atoms with E-state index in [1.165, 1.54) is 25.9 Å². The lowest BCUT2D eigenvalue weighted by Gasteiger charge is -2.30. The molecule has 2 rings (SSSR count). The van der Waals surface area contributed by atoms with E-state index in [9.17, 15) is 4.79 Å². The lowest BCUT2D eigenvalue weighted by Crippen LogP contribution is -2.38. The van der Waals surface area contributed by atoms with Gasteiger partial charge in [0.15, 0.2) is 0 Å². The molecule has 0 saturated carbocycles. The van der Waals surface area contributed by atoms with Gasteiger partial charge in [-0.1, -0.05) is 30.7 Å². The van der Waals surface area contributed by atoms with Crippen molar-refractivity contribution in [2.75, 3.05) is 26.2 Å². The second-order valence-corrected chi connectivity index (χ2v) is 6.55. The summed E-state index contributed by atoms with van der Waals surface area (Å²) in [4.78, 5) is 14.2. The van der Waals surface area contributed by atoms with E-state index in [-0.39, 0.29) is 6.03 Å². The molecule has 0 atom stereocenters. The van der Waals surface area contributed by atoms with Gasteiger partial charge in [0.1, 0.15) is 0 Å². The number of hydrogen-bond acceptors (Lipinski definition) is 2. The molecule has 122 valence electrons. The Morgan fingerprint density at radius 1 is 1.32 bits per heavy atom. The number of hydrogen-bond donors (Lipinski definition) is 2. The van der Waals surface area contributed by atoms with Crippen LogP contribution in [0.5, 0.6) is 0 Å². The minimum Gasteiger partial charge on any atom is -0.338 e. The Balaban J connectivity index is 1.54. The Morgan fingerprint density at radius 3 is 2.82 bits per heavy atom. The van der Waals surface area contributed by atoms with E-state index in [1.807, 2.05) is 24.3 Å². The molecule has 1 saturated heterocycles. The van der Waals surface area contributed by atoms with Gasteiger partial charge in [-0.05, 0) is 62.5 Å². The van der Waals surface area contributed by atoms with Crippen molar-refractivity contribution in [1.82, 2.24) is 15.5 Å². The number of piperidine rings is 1. The van der Waals surface area contributed by atoms with E-state index < -0.39 is 0 Å². The summed E-state index contributed by atoms with van der Waals surface area (Å²) in [6.07, 6.45) is 3.60. The zero-order valence-corrected chi connectivity index (χ0v) is 14.0. The summed E-state index contributed by atoms with van der Waals surface area (Å²) >= 11 is 5.91. The number of rotatable bonds is 6. The first-order chi connectivity index (χ1) is 10.6. The van der Waals surface area contributed by atoms with Gasteiger partial charge in [-0.3, -0.25) is 0 Å². The highest BCUT2D eigenvalue weighted by Crippen LogP contribution is 2.15. The highest BCUT2D eigenvalue weighted by molar-refractivity contribution is 6.30. The maximum absolute atomic E-state index is 11.7. The summed E-state index contributed by atoms with van der Waals surface area (Å²) in [6, 6.07) is 7.40. The second-order valence-electron chi connectivity index (χ2n) is 6.12. The number of nitrogens with one attached hydrogen (secondary N) is 2. The zero-order valence-electron chi connectivity index (χ0n) is 13.3. The van der Waals surface area contributed by atoms with Gasteiger partial charge in [-0.2, -0.15) is 0 Å². The first kappa shape index (κ1) is 17.1. The van der Waals surface area contributed by atoms with E-state index in [2.05, 4.69) is 22.5 Å². The van der Waals surface area contributed by atoms with Crippen LogP contribution in [0.1, 0.15) is 31.7 Å². The van der Waals surface area contributed by atoms with Crippen molar-refractivity contribution in [1.29, 1.82) is 0 Å². The number of urea groups is 1. The molecule has 1 aliphatic heterocycles. The van der Waals surface area contributed by atoms with E-state index in [0.717, 1.165) is 24.4 Å². The minimum atomic E-state index is -0.118. The van der Waals surface area contributed by atoms with Crippen LogP contribution in [0.3, 0.4) is 0 Å². The van der Waals surface area contributed by atoms with Crippen LogP contribution in [0.25, 0.3) is 0 Å². The molecule has 5 heteroatoms. The predicted octanol–water partition coefficient (Wildman–Crippen LogP) is 3.26. The third-order valence-electron chi connectivity index (χ3n) is 4.16. The summed E-state index contributed by atoms with van der Waals surface area (Å²) in [5.74, 6) is 0.867. The van der Waals surface area contributed by atoms with E-state index >= 15 is 0 Å². The van der Waals surface area contributed by atoms with Crippen molar-refractivity contribution in [3.05, 3.63) is 34.9 Å². The van der Waals surface area contributed by atoms with Crippen molar-refractivity contribution in [2.45, 2.75) is 32.7 Å². The number of likely N-dealkylation sites (tertiary alicyclic amines) is 1. The number of carbonyl (C=O) groups excluding carboxylic acids is 1. The lowest BCUT2D eigenvalue weighted by molar-refractivity contribution is 0.190.